The van der Waals surface area contributed by atoms with Crippen molar-refractivity contribution < 1.29 is 0 Å². The summed E-state index contributed by atoms with van der Waals surface area (Å²) >= 11 is 7.40. The van der Waals surface area contributed by atoms with Gasteiger partial charge in [0.25, 0.3) is 0 Å². The van der Waals surface area contributed by atoms with Crippen LogP contribution in [0, 0.1) is 0 Å². The van der Waals surface area contributed by atoms with E-state index in [0.29, 0.717) is 6.04 Å². The number of likely N-dealkylation sites (N-methyl/N-ethyl adjacent to an activating group) is 1. The third-order valence-corrected chi connectivity index (χ3v) is 5.63. The second-order valence-electron chi connectivity index (χ2n) is 6.16. The van der Waals surface area contributed by atoms with Crippen molar-refractivity contribution in [2.45, 2.75) is 29.7 Å². The zero-order valence-electron chi connectivity index (χ0n) is 14.3. The highest BCUT2D eigenvalue weighted by Crippen LogP contribution is 2.44. The molecule has 2 aromatic rings. The molecule has 0 fully saturated rings. The van der Waals surface area contributed by atoms with Gasteiger partial charge in [-0.05, 0) is 44.8 Å². The molecule has 0 saturated heterocycles. The molecule has 5 heteroatoms. The minimum atomic E-state index is 0.321. The van der Waals surface area contributed by atoms with E-state index < -0.39 is 0 Å². The minimum absolute atomic E-state index is 0.321. The second kappa shape index (κ2) is 7.55. The van der Waals surface area contributed by atoms with Crippen molar-refractivity contribution in [1.29, 1.82) is 0 Å². The maximum absolute atomic E-state index is 5.60. The predicted octanol–water partition coefficient (Wildman–Crippen LogP) is 4.50. The standard InChI is InChI=1S/C19H23N3S2/c1-4-22(3)12-13(2)20-19(23)14-9-10-18-16(11-14)21-15-7-5-6-8-17(15)24-18/h5-11,13,21H,4,12H2,1-3H3,(H,20,23). The van der Waals surface area contributed by atoms with Gasteiger partial charge in [-0.1, -0.05) is 49.1 Å². The number of rotatable bonds is 5. The molecule has 0 aliphatic carbocycles. The highest BCUT2D eigenvalue weighted by atomic mass is 32.2. The van der Waals surface area contributed by atoms with Crippen molar-refractivity contribution in [2.24, 2.45) is 0 Å². The van der Waals surface area contributed by atoms with Crippen LogP contribution < -0.4 is 10.6 Å². The molecule has 0 radical (unpaired) electrons. The first-order valence-corrected chi connectivity index (χ1v) is 9.46. The van der Waals surface area contributed by atoms with Crippen LogP contribution >= 0.6 is 24.0 Å². The van der Waals surface area contributed by atoms with Crippen molar-refractivity contribution in [1.82, 2.24) is 10.2 Å². The molecule has 2 aromatic carbocycles. The molecule has 3 rings (SSSR count). The molecule has 1 heterocycles. The average molecular weight is 358 g/mol. The molecule has 1 atom stereocenters. The largest absolute Gasteiger partial charge is 0.372 e. The summed E-state index contributed by atoms with van der Waals surface area (Å²) in [5.41, 5.74) is 3.34. The van der Waals surface area contributed by atoms with E-state index >= 15 is 0 Å². The first kappa shape index (κ1) is 17.3. The molecular formula is C19H23N3S2. The van der Waals surface area contributed by atoms with E-state index in [0.717, 1.165) is 35.0 Å². The molecule has 1 aliphatic rings. The second-order valence-corrected chi connectivity index (χ2v) is 7.66. The van der Waals surface area contributed by atoms with Gasteiger partial charge in [0, 0.05) is 27.9 Å². The number of thiocarbonyl (C=S) groups is 1. The maximum Gasteiger partial charge on any atom is 0.106 e. The number of nitrogens with one attached hydrogen (secondary N) is 2. The maximum atomic E-state index is 5.60. The lowest BCUT2D eigenvalue weighted by Gasteiger charge is -2.23. The molecular weight excluding hydrogens is 334 g/mol. The number of para-hydroxylation sites is 1. The monoisotopic (exact) mass is 357 g/mol. The van der Waals surface area contributed by atoms with Crippen LogP contribution in [0.15, 0.2) is 52.3 Å². The summed E-state index contributed by atoms with van der Waals surface area (Å²) in [6, 6.07) is 15.1. The Bertz CT molecular complexity index is 745. The molecule has 0 aromatic heterocycles. The van der Waals surface area contributed by atoms with Gasteiger partial charge in [0.2, 0.25) is 0 Å². The smallest absolute Gasteiger partial charge is 0.106 e. The molecule has 0 amide bonds. The Morgan fingerprint density at radius 2 is 1.96 bits per heavy atom. The van der Waals surface area contributed by atoms with E-state index in [9.17, 15) is 0 Å². The first-order valence-electron chi connectivity index (χ1n) is 8.24. The van der Waals surface area contributed by atoms with Crippen LogP contribution in [-0.2, 0) is 0 Å². The summed E-state index contributed by atoms with van der Waals surface area (Å²) < 4.78 is 0. The van der Waals surface area contributed by atoms with E-state index in [-0.39, 0.29) is 0 Å². The Morgan fingerprint density at radius 3 is 2.75 bits per heavy atom. The summed E-state index contributed by atoms with van der Waals surface area (Å²) in [6.45, 7) is 6.35. The first-order chi connectivity index (χ1) is 11.6. The molecule has 1 aliphatic heterocycles. The average Bonchev–Trinajstić information content (AvgIpc) is 2.59. The van der Waals surface area contributed by atoms with Gasteiger partial charge in [0.05, 0.1) is 11.4 Å². The number of anilines is 2. The van der Waals surface area contributed by atoms with Crippen LogP contribution in [0.2, 0.25) is 0 Å². The number of fused-ring (bicyclic) bond motifs is 2. The molecule has 0 bridgehead atoms. The summed E-state index contributed by atoms with van der Waals surface area (Å²) in [5, 5.41) is 6.96. The number of hydrogen-bond donors (Lipinski definition) is 2. The molecule has 0 spiro atoms. The molecule has 24 heavy (non-hydrogen) atoms. The van der Waals surface area contributed by atoms with Crippen molar-refractivity contribution in [3.8, 4) is 0 Å². The van der Waals surface area contributed by atoms with Crippen LogP contribution in [-0.4, -0.2) is 36.1 Å². The molecule has 1 unspecified atom stereocenters. The quantitative estimate of drug-likeness (QED) is 0.656. The summed E-state index contributed by atoms with van der Waals surface area (Å²) in [4.78, 5) is 5.58. The Labute approximate surface area is 153 Å². The van der Waals surface area contributed by atoms with Gasteiger partial charge in [-0.15, -0.1) is 0 Å². The van der Waals surface area contributed by atoms with Crippen molar-refractivity contribution in [3.63, 3.8) is 0 Å². The Hall–Kier alpha value is -1.56. The fourth-order valence-corrected chi connectivity index (χ4v) is 4.03. The number of benzene rings is 2. The predicted molar refractivity (Wildman–Crippen MR) is 108 cm³/mol. The molecule has 2 N–H and O–H groups in total. The summed E-state index contributed by atoms with van der Waals surface area (Å²) in [6.07, 6.45) is 0. The van der Waals surface area contributed by atoms with E-state index in [1.165, 1.54) is 9.79 Å². The van der Waals surface area contributed by atoms with Crippen LogP contribution in [0.25, 0.3) is 0 Å². The van der Waals surface area contributed by atoms with Gasteiger partial charge >= 0.3 is 0 Å². The van der Waals surface area contributed by atoms with E-state index in [1.54, 1.807) is 11.8 Å². The lowest BCUT2D eigenvalue weighted by molar-refractivity contribution is 0.325. The van der Waals surface area contributed by atoms with Gasteiger partial charge in [-0.25, -0.2) is 0 Å². The lowest BCUT2D eigenvalue weighted by Crippen LogP contribution is -2.40. The Kier molecular flexibility index (Phi) is 5.43. The van der Waals surface area contributed by atoms with Gasteiger partial charge in [-0.3, -0.25) is 0 Å². The van der Waals surface area contributed by atoms with E-state index in [4.69, 9.17) is 12.2 Å². The van der Waals surface area contributed by atoms with E-state index in [1.807, 2.05) is 0 Å². The molecule has 0 saturated carbocycles. The topological polar surface area (TPSA) is 27.3 Å². The third-order valence-electron chi connectivity index (χ3n) is 4.12. The SMILES string of the molecule is CCN(C)CC(C)NC(=S)c1ccc2c(c1)Nc1ccccc1S2. The number of nitrogens with zero attached hydrogens (tertiary/aromatic N) is 1. The molecule has 3 nitrogen and oxygen atoms in total. The highest BCUT2D eigenvalue weighted by Gasteiger charge is 2.16. The van der Waals surface area contributed by atoms with Gasteiger partial charge in [0.1, 0.15) is 4.99 Å². The van der Waals surface area contributed by atoms with Crippen molar-refractivity contribution >= 4 is 40.3 Å². The van der Waals surface area contributed by atoms with Crippen LogP contribution in [0.3, 0.4) is 0 Å². The van der Waals surface area contributed by atoms with Crippen LogP contribution in [0.1, 0.15) is 19.4 Å². The fourth-order valence-electron chi connectivity index (χ4n) is 2.73. The summed E-state index contributed by atoms with van der Waals surface area (Å²) in [7, 11) is 2.12. The van der Waals surface area contributed by atoms with Crippen molar-refractivity contribution in [2.75, 3.05) is 25.5 Å². The van der Waals surface area contributed by atoms with E-state index in [2.05, 4.69) is 78.9 Å². The van der Waals surface area contributed by atoms with Crippen LogP contribution in [0.5, 0.6) is 0 Å². The van der Waals surface area contributed by atoms with Crippen molar-refractivity contribution in [3.05, 3.63) is 48.0 Å². The molecule has 126 valence electrons. The third kappa shape index (κ3) is 3.91. The summed E-state index contributed by atoms with van der Waals surface area (Å²) in [5.74, 6) is 0. The Balaban J connectivity index is 1.72. The van der Waals surface area contributed by atoms with Gasteiger partial charge in [-0.2, -0.15) is 0 Å². The van der Waals surface area contributed by atoms with Crippen LogP contribution in [0.4, 0.5) is 11.4 Å². The fraction of sp³-hybridized carbons (Fsp3) is 0.316. The Morgan fingerprint density at radius 1 is 1.21 bits per heavy atom. The zero-order valence-corrected chi connectivity index (χ0v) is 15.9. The van der Waals surface area contributed by atoms with Gasteiger partial charge < -0.3 is 15.5 Å². The normalized spacial score (nSPS) is 13.7. The highest BCUT2D eigenvalue weighted by molar-refractivity contribution is 7.99. The lowest BCUT2D eigenvalue weighted by atomic mass is 10.1. The number of hydrogen-bond acceptors (Lipinski definition) is 4. The minimum Gasteiger partial charge on any atom is -0.372 e. The van der Waals surface area contributed by atoms with Gasteiger partial charge in [0.15, 0.2) is 0 Å². The zero-order chi connectivity index (χ0) is 17.1.